The Bertz CT molecular complexity index is 446. The number of hydrogen-bond donors (Lipinski definition) is 2. The summed E-state index contributed by atoms with van der Waals surface area (Å²) in [4.78, 5) is 4.02. The van der Waals surface area contributed by atoms with Crippen molar-refractivity contribution < 1.29 is 0 Å². The van der Waals surface area contributed by atoms with E-state index in [1.807, 2.05) is 6.07 Å². The van der Waals surface area contributed by atoms with Gasteiger partial charge in [0.25, 0.3) is 0 Å². The molecule has 0 amide bonds. The first kappa shape index (κ1) is 10.5. The van der Waals surface area contributed by atoms with Crippen LogP contribution in [0.4, 0.5) is 17.2 Å². The van der Waals surface area contributed by atoms with E-state index >= 15 is 0 Å². The second-order valence-corrected chi connectivity index (χ2v) is 3.65. The highest BCUT2D eigenvalue weighted by Gasteiger charge is 1.95. The predicted octanol–water partition coefficient (Wildman–Crippen LogP) is 2.97. The third kappa shape index (κ3) is 2.51. The molecule has 0 saturated heterocycles. The molecule has 1 heterocycles. The molecule has 0 spiro atoms. The molecule has 3 N–H and O–H groups in total. The zero-order valence-corrected chi connectivity index (χ0v) is 9.27. The van der Waals surface area contributed by atoms with Crippen molar-refractivity contribution in [2.24, 2.45) is 0 Å². The number of anilines is 3. The fraction of sp³-hybridized carbons (Fsp3) is 0.154. The maximum absolute atomic E-state index is 5.52. The van der Waals surface area contributed by atoms with Gasteiger partial charge in [0, 0.05) is 5.69 Å². The average molecular weight is 213 g/mol. The summed E-state index contributed by atoms with van der Waals surface area (Å²) in [5, 5.41) is 3.26. The second kappa shape index (κ2) is 4.66. The van der Waals surface area contributed by atoms with E-state index in [9.17, 15) is 0 Å². The van der Waals surface area contributed by atoms with Gasteiger partial charge < -0.3 is 11.1 Å². The molecule has 0 aliphatic carbocycles. The Labute approximate surface area is 95.3 Å². The first-order valence-electron chi connectivity index (χ1n) is 5.35. The lowest BCUT2D eigenvalue weighted by Gasteiger charge is -2.06. The Hall–Kier alpha value is -2.03. The number of rotatable bonds is 3. The molecule has 2 aromatic rings. The number of nitrogens with two attached hydrogens (primary N) is 1. The fourth-order valence-electron chi connectivity index (χ4n) is 1.47. The van der Waals surface area contributed by atoms with Crippen molar-refractivity contribution in [3.8, 4) is 0 Å². The van der Waals surface area contributed by atoms with Gasteiger partial charge in [-0.1, -0.05) is 19.1 Å². The Morgan fingerprint density at radius 3 is 2.31 bits per heavy atom. The minimum atomic E-state index is 0.534. The molecular weight excluding hydrogens is 198 g/mol. The van der Waals surface area contributed by atoms with Crippen LogP contribution >= 0.6 is 0 Å². The molecule has 0 aliphatic rings. The number of hydrogen-bond acceptors (Lipinski definition) is 3. The van der Waals surface area contributed by atoms with Crippen LogP contribution in [-0.4, -0.2) is 4.98 Å². The summed E-state index contributed by atoms with van der Waals surface area (Å²) in [5.41, 5.74) is 8.86. The predicted molar refractivity (Wildman–Crippen MR) is 67.8 cm³/mol. The summed E-state index contributed by atoms with van der Waals surface area (Å²) in [6.07, 6.45) is 2.78. The molecule has 0 saturated carbocycles. The first-order valence-corrected chi connectivity index (χ1v) is 5.35. The van der Waals surface area contributed by atoms with Crippen LogP contribution in [0, 0.1) is 0 Å². The molecule has 0 atom stereocenters. The Kier molecular flexibility index (Phi) is 3.05. The zero-order valence-electron chi connectivity index (χ0n) is 9.27. The zero-order chi connectivity index (χ0) is 11.4. The lowest BCUT2D eigenvalue weighted by atomic mass is 10.1. The monoisotopic (exact) mass is 213 g/mol. The van der Waals surface area contributed by atoms with Crippen LogP contribution < -0.4 is 11.1 Å². The van der Waals surface area contributed by atoms with Crippen LogP contribution in [0.25, 0.3) is 0 Å². The molecule has 2 rings (SSSR count). The summed E-state index contributed by atoms with van der Waals surface area (Å²) in [7, 11) is 0. The molecule has 82 valence electrons. The lowest BCUT2D eigenvalue weighted by molar-refractivity contribution is 1.14. The van der Waals surface area contributed by atoms with E-state index in [0.29, 0.717) is 5.82 Å². The van der Waals surface area contributed by atoms with Gasteiger partial charge in [0.15, 0.2) is 0 Å². The van der Waals surface area contributed by atoms with Crippen molar-refractivity contribution in [1.82, 2.24) is 4.98 Å². The molecule has 3 heteroatoms. The van der Waals surface area contributed by atoms with Gasteiger partial charge in [-0.3, -0.25) is 0 Å². The van der Waals surface area contributed by atoms with Crippen molar-refractivity contribution in [3.05, 3.63) is 48.2 Å². The molecule has 16 heavy (non-hydrogen) atoms. The van der Waals surface area contributed by atoms with Crippen LogP contribution in [0.5, 0.6) is 0 Å². The Morgan fingerprint density at radius 2 is 1.75 bits per heavy atom. The molecule has 0 aliphatic heterocycles. The van der Waals surface area contributed by atoms with Crippen LogP contribution in [0.1, 0.15) is 12.5 Å². The number of aryl methyl sites for hydroxylation is 1. The maximum atomic E-state index is 5.52. The van der Waals surface area contributed by atoms with E-state index < -0.39 is 0 Å². The number of benzene rings is 1. The molecule has 1 aromatic carbocycles. The van der Waals surface area contributed by atoms with Crippen molar-refractivity contribution in [2.75, 3.05) is 11.1 Å². The quantitative estimate of drug-likeness (QED) is 0.824. The number of aromatic nitrogens is 1. The van der Waals surface area contributed by atoms with Gasteiger partial charge in [0.2, 0.25) is 0 Å². The summed E-state index contributed by atoms with van der Waals surface area (Å²) < 4.78 is 0. The minimum Gasteiger partial charge on any atom is -0.384 e. The van der Waals surface area contributed by atoms with Gasteiger partial charge in [-0.2, -0.15) is 0 Å². The largest absolute Gasteiger partial charge is 0.384 e. The van der Waals surface area contributed by atoms with Crippen molar-refractivity contribution in [2.45, 2.75) is 13.3 Å². The molecular formula is C13H15N3. The van der Waals surface area contributed by atoms with Gasteiger partial charge in [-0.05, 0) is 36.2 Å². The van der Waals surface area contributed by atoms with Crippen LogP contribution in [-0.2, 0) is 6.42 Å². The number of nitrogens with one attached hydrogen (secondary N) is 1. The lowest BCUT2D eigenvalue weighted by Crippen LogP contribution is -1.93. The van der Waals surface area contributed by atoms with Gasteiger partial charge >= 0.3 is 0 Å². The van der Waals surface area contributed by atoms with Crippen molar-refractivity contribution in [1.29, 1.82) is 0 Å². The van der Waals surface area contributed by atoms with Crippen LogP contribution in [0.2, 0.25) is 0 Å². The van der Waals surface area contributed by atoms with E-state index in [2.05, 4.69) is 41.5 Å². The average Bonchev–Trinajstić information content (AvgIpc) is 2.33. The van der Waals surface area contributed by atoms with Gasteiger partial charge in [-0.15, -0.1) is 0 Å². The van der Waals surface area contributed by atoms with E-state index in [4.69, 9.17) is 5.73 Å². The molecule has 3 nitrogen and oxygen atoms in total. The van der Waals surface area contributed by atoms with Gasteiger partial charge in [0.05, 0.1) is 11.9 Å². The van der Waals surface area contributed by atoms with Crippen LogP contribution in [0.15, 0.2) is 42.6 Å². The fourth-order valence-corrected chi connectivity index (χ4v) is 1.47. The van der Waals surface area contributed by atoms with Gasteiger partial charge in [-0.25, -0.2) is 4.98 Å². The van der Waals surface area contributed by atoms with E-state index in [0.717, 1.165) is 17.8 Å². The highest BCUT2D eigenvalue weighted by Crippen LogP contribution is 2.16. The van der Waals surface area contributed by atoms with Crippen LogP contribution in [0.3, 0.4) is 0 Å². The molecule has 0 fully saturated rings. The third-order valence-corrected chi connectivity index (χ3v) is 2.44. The van der Waals surface area contributed by atoms with Gasteiger partial charge in [0.1, 0.15) is 5.82 Å². The number of pyridine rings is 1. The van der Waals surface area contributed by atoms with E-state index in [1.54, 1.807) is 12.3 Å². The Balaban J connectivity index is 2.11. The Morgan fingerprint density at radius 1 is 1.06 bits per heavy atom. The smallest absolute Gasteiger partial charge is 0.123 e. The summed E-state index contributed by atoms with van der Waals surface area (Å²) in [5.74, 6) is 0.534. The van der Waals surface area contributed by atoms with Crippen molar-refractivity contribution >= 4 is 17.2 Å². The molecule has 0 unspecified atom stereocenters. The number of nitrogen functional groups attached to an aromatic ring is 1. The summed E-state index contributed by atoms with van der Waals surface area (Å²) in [6.45, 7) is 2.15. The highest BCUT2D eigenvalue weighted by molar-refractivity contribution is 5.59. The normalized spacial score (nSPS) is 10.1. The SMILES string of the molecule is CCc1ccc(Nc2ccc(N)nc2)cc1. The maximum Gasteiger partial charge on any atom is 0.123 e. The molecule has 1 aromatic heterocycles. The summed E-state index contributed by atoms with van der Waals surface area (Å²) >= 11 is 0. The minimum absolute atomic E-state index is 0.534. The summed E-state index contributed by atoms with van der Waals surface area (Å²) in [6, 6.07) is 12.1. The van der Waals surface area contributed by atoms with E-state index in [1.165, 1.54) is 5.56 Å². The number of nitrogens with zero attached hydrogens (tertiary/aromatic N) is 1. The van der Waals surface area contributed by atoms with Crippen molar-refractivity contribution in [3.63, 3.8) is 0 Å². The standard InChI is InChI=1S/C13H15N3/c1-2-10-3-5-11(6-4-10)16-12-7-8-13(14)15-9-12/h3-9,16H,2H2,1H3,(H2,14,15). The van der Waals surface area contributed by atoms with E-state index in [-0.39, 0.29) is 0 Å². The highest BCUT2D eigenvalue weighted by atomic mass is 14.9. The second-order valence-electron chi connectivity index (χ2n) is 3.65. The first-order chi connectivity index (χ1) is 7.78. The molecule has 0 bridgehead atoms. The third-order valence-electron chi connectivity index (χ3n) is 2.44. The molecule has 0 radical (unpaired) electrons. The topological polar surface area (TPSA) is 50.9 Å².